The Morgan fingerprint density at radius 3 is 2.25 bits per heavy atom. The van der Waals surface area contributed by atoms with Crippen molar-refractivity contribution in [3.05, 3.63) is 54.6 Å². The van der Waals surface area contributed by atoms with Gasteiger partial charge in [0.25, 0.3) is 7.37 Å². The van der Waals surface area contributed by atoms with Crippen LogP contribution in [-0.4, -0.2) is 22.1 Å². The molecule has 0 N–H and O–H groups in total. The Labute approximate surface area is 122 Å². The molecule has 0 amide bonds. The van der Waals surface area contributed by atoms with Crippen LogP contribution in [0, 0.1) is 0 Å². The Bertz CT molecular complexity index is 587. The maximum atomic E-state index is 13.1. The molecule has 0 heterocycles. The highest BCUT2D eigenvalue weighted by molar-refractivity contribution is 7.74. The maximum absolute atomic E-state index is 13.1. The number of benzene rings is 2. The van der Waals surface area contributed by atoms with Crippen molar-refractivity contribution in [1.82, 2.24) is 0 Å². The average Bonchev–Trinajstić information content (AvgIpc) is 2.48. The standard InChI is InChI=1S/C15H17O3P.BH3/c1-3-18-13-8-7-11-15(12-13)19(16,17-2)14-9-5-4-6-10-14;/h4-12H,3H2,1-2H3;1H3. The lowest BCUT2D eigenvalue weighted by Gasteiger charge is -2.17. The monoisotopic (exact) mass is 290 g/mol. The summed E-state index contributed by atoms with van der Waals surface area (Å²) in [5, 5.41) is 1.33. The van der Waals surface area contributed by atoms with Crippen molar-refractivity contribution in [1.29, 1.82) is 0 Å². The Balaban J connectivity index is 0.00000200. The summed E-state index contributed by atoms with van der Waals surface area (Å²) in [7, 11) is -1.56. The molecule has 5 heteroatoms. The molecule has 0 saturated heterocycles. The van der Waals surface area contributed by atoms with Gasteiger partial charge in [-0.25, -0.2) is 0 Å². The number of hydrogen-bond donors (Lipinski definition) is 0. The van der Waals surface area contributed by atoms with E-state index < -0.39 is 7.37 Å². The fourth-order valence-corrected chi connectivity index (χ4v) is 3.77. The lowest BCUT2D eigenvalue weighted by molar-refractivity contribution is 0.340. The molecule has 2 aromatic rings. The molecule has 0 bridgehead atoms. The molecule has 0 saturated carbocycles. The molecule has 0 aromatic heterocycles. The van der Waals surface area contributed by atoms with Crippen LogP contribution in [0.1, 0.15) is 6.92 Å². The summed E-state index contributed by atoms with van der Waals surface area (Å²) in [4.78, 5) is 0. The van der Waals surface area contributed by atoms with Crippen LogP contribution in [-0.2, 0) is 9.09 Å². The van der Waals surface area contributed by atoms with Gasteiger partial charge in [-0.2, -0.15) is 0 Å². The molecule has 0 radical (unpaired) electrons. The summed E-state index contributed by atoms with van der Waals surface area (Å²) in [5.41, 5.74) is 0. The minimum atomic E-state index is -3.04. The second-order valence-corrected chi connectivity index (χ2v) is 6.50. The first-order valence-electron chi connectivity index (χ1n) is 6.15. The van der Waals surface area contributed by atoms with E-state index in [-0.39, 0.29) is 8.41 Å². The first-order valence-corrected chi connectivity index (χ1v) is 7.78. The second kappa shape index (κ2) is 7.32. The van der Waals surface area contributed by atoms with E-state index in [9.17, 15) is 4.57 Å². The summed E-state index contributed by atoms with van der Waals surface area (Å²) in [6.07, 6.45) is 0. The second-order valence-electron chi connectivity index (χ2n) is 4.00. The molecule has 2 aromatic carbocycles. The summed E-state index contributed by atoms with van der Waals surface area (Å²) in [5.74, 6) is 0.702. The largest absolute Gasteiger partial charge is 0.494 e. The number of hydrogen-bond acceptors (Lipinski definition) is 3. The van der Waals surface area contributed by atoms with Gasteiger partial charge in [0.2, 0.25) is 0 Å². The summed E-state index contributed by atoms with van der Waals surface area (Å²) < 4.78 is 23.9. The molecule has 1 unspecified atom stereocenters. The fraction of sp³-hybridized carbons (Fsp3) is 0.200. The van der Waals surface area contributed by atoms with Crippen molar-refractivity contribution < 1.29 is 13.8 Å². The van der Waals surface area contributed by atoms with Crippen LogP contribution in [0.15, 0.2) is 54.6 Å². The quantitative estimate of drug-likeness (QED) is 0.622. The van der Waals surface area contributed by atoms with Gasteiger partial charge in [-0.1, -0.05) is 24.3 Å². The number of rotatable bonds is 5. The first-order chi connectivity index (χ1) is 9.20. The summed E-state index contributed by atoms with van der Waals surface area (Å²) in [6, 6.07) is 16.5. The molecular weight excluding hydrogens is 270 g/mol. The van der Waals surface area contributed by atoms with Crippen molar-refractivity contribution in [3.63, 3.8) is 0 Å². The highest BCUT2D eigenvalue weighted by atomic mass is 31.2. The van der Waals surface area contributed by atoms with Crippen molar-refractivity contribution in [2.24, 2.45) is 0 Å². The summed E-state index contributed by atoms with van der Waals surface area (Å²) in [6.45, 7) is 2.49. The van der Waals surface area contributed by atoms with E-state index in [1.54, 1.807) is 12.1 Å². The highest BCUT2D eigenvalue weighted by Crippen LogP contribution is 2.44. The molecule has 2 rings (SSSR count). The van der Waals surface area contributed by atoms with Crippen molar-refractivity contribution >= 4 is 26.4 Å². The van der Waals surface area contributed by atoms with Gasteiger partial charge in [-0.3, -0.25) is 4.57 Å². The Hall–Kier alpha value is -1.51. The third kappa shape index (κ3) is 3.33. The molecular formula is C15H20BO3P. The smallest absolute Gasteiger partial charge is 0.261 e. The van der Waals surface area contributed by atoms with Crippen LogP contribution >= 0.6 is 7.37 Å². The predicted molar refractivity (Wildman–Crippen MR) is 87.9 cm³/mol. The van der Waals surface area contributed by atoms with E-state index in [2.05, 4.69) is 0 Å². The lowest BCUT2D eigenvalue weighted by atomic mass is 10.3. The van der Waals surface area contributed by atoms with E-state index in [1.807, 2.05) is 49.4 Å². The molecule has 3 nitrogen and oxygen atoms in total. The summed E-state index contributed by atoms with van der Waals surface area (Å²) >= 11 is 0. The zero-order chi connectivity index (χ0) is 13.7. The number of ether oxygens (including phenoxy) is 1. The molecule has 20 heavy (non-hydrogen) atoms. The van der Waals surface area contributed by atoms with Gasteiger partial charge in [0, 0.05) is 17.7 Å². The first kappa shape index (κ1) is 16.5. The van der Waals surface area contributed by atoms with Crippen LogP contribution in [0.3, 0.4) is 0 Å². The van der Waals surface area contributed by atoms with Gasteiger partial charge >= 0.3 is 0 Å². The molecule has 1 atom stereocenters. The van der Waals surface area contributed by atoms with Gasteiger partial charge in [-0.15, -0.1) is 0 Å². The lowest BCUT2D eigenvalue weighted by Crippen LogP contribution is -2.17. The van der Waals surface area contributed by atoms with Crippen molar-refractivity contribution in [2.45, 2.75) is 6.92 Å². The third-order valence-corrected chi connectivity index (χ3v) is 5.27. The molecule has 106 valence electrons. The van der Waals surface area contributed by atoms with Crippen LogP contribution in [0.5, 0.6) is 5.75 Å². The normalized spacial score (nSPS) is 13.1. The maximum Gasteiger partial charge on any atom is 0.261 e. The SMILES string of the molecule is B.CCOc1cccc(P(=O)(OC)c2ccccc2)c1. The van der Waals surface area contributed by atoms with Crippen LogP contribution < -0.4 is 15.3 Å². The molecule has 0 aliphatic heterocycles. The van der Waals surface area contributed by atoms with Gasteiger partial charge in [0.15, 0.2) is 0 Å². The Morgan fingerprint density at radius 2 is 1.65 bits per heavy atom. The Morgan fingerprint density at radius 1 is 1.00 bits per heavy atom. The van der Waals surface area contributed by atoms with Crippen molar-refractivity contribution in [2.75, 3.05) is 13.7 Å². The average molecular weight is 290 g/mol. The topological polar surface area (TPSA) is 35.5 Å². The highest BCUT2D eigenvalue weighted by Gasteiger charge is 2.27. The molecule has 0 aliphatic carbocycles. The molecule has 0 spiro atoms. The minimum Gasteiger partial charge on any atom is -0.494 e. The van der Waals surface area contributed by atoms with E-state index >= 15 is 0 Å². The van der Waals surface area contributed by atoms with Crippen LogP contribution in [0.2, 0.25) is 0 Å². The van der Waals surface area contributed by atoms with E-state index in [0.29, 0.717) is 23.0 Å². The zero-order valence-corrected chi connectivity index (χ0v) is 12.0. The minimum absolute atomic E-state index is 0. The zero-order valence-electron chi connectivity index (χ0n) is 11.1. The molecule has 0 aliphatic rings. The van der Waals surface area contributed by atoms with Crippen LogP contribution in [0.4, 0.5) is 0 Å². The van der Waals surface area contributed by atoms with Gasteiger partial charge in [0.05, 0.1) is 15.0 Å². The van der Waals surface area contributed by atoms with Crippen LogP contribution in [0.25, 0.3) is 0 Å². The van der Waals surface area contributed by atoms with Crippen molar-refractivity contribution in [3.8, 4) is 5.75 Å². The molecule has 0 fully saturated rings. The fourth-order valence-electron chi connectivity index (χ4n) is 1.91. The van der Waals surface area contributed by atoms with E-state index in [1.165, 1.54) is 7.11 Å². The van der Waals surface area contributed by atoms with Gasteiger partial charge < -0.3 is 9.26 Å². The van der Waals surface area contributed by atoms with Gasteiger partial charge in [0.1, 0.15) is 5.75 Å². The predicted octanol–water partition coefficient (Wildman–Crippen LogP) is 1.78. The van der Waals surface area contributed by atoms with E-state index in [0.717, 1.165) is 0 Å². The third-order valence-electron chi connectivity index (χ3n) is 2.82. The van der Waals surface area contributed by atoms with E-state index in [4.69, 9.17) is 9.26 Å². The Kier molecular flexibility index (Phi) is 6.06. The van der Waals surface area contributed by atoms with Gasteiger partial charge in [-0.05, 0) is 37.3 Å².